The average molecular weight is 252 g/mol. The van der Waals surface area contributed by atoms with Gasteiger partial charge < -0.3 is 14.5 Å². The molecule has 1 heterocycles. The van der Waals surface area contributed by atoms with E-state index in [-0.39, 0.29) is 6.04 Å². The molecule has 2 aromatic rings. The highest BCUT2D eigenvalue weighted by atomic mass is 35.5. The molecule has 1 aromatic heterocycles. The SMILES string of the molecule is COc1ccc(Cl)c(NC(C)c2ccco2)c1. The highest BCUT2D eigenvalue weighted by Gasteiger charge is 2.10. The number of halogens is 1. The second kappa shape index (κ2) is 5.15. The fourth-order valence-corrected chi connectivity index (χ4v) is 1.76. The van der Waals surface area contributed by atoms with Crippen molar-refractivity contribution < 1.29 is 9.15 Å². The van der Waals surface area contributed by atoms with E-state index in [9.17, 15) is 0 Å². The van der Waals surface area contributed by atoms with Gasteiger partial charge in [-0.05, 0) is 31.2 Å². The minimum atomic E-state index is 0.0506. The number of benzene rings is 1. The van der Waals surface area contributed by atoms with Crippen LogP contribution in [0.1, 0.15) is 18.7 Å². The molecule has 0 saturated carbocycles. The molecule has 0 saturated heterocycles. The van der Waals surface area contributed by atoms with Gasteiger partial charge in [-0.15, -0.1) is 0 Å². The Morgan fingerprint density at radius 1 is 1.35 bits per heavy atom. The maximum atomic E-state index is 6.11. The summed E-state index contributed by atoms with van der Waals surface area (Å²) in [5, 5.41) is 3.94. The number of nitrogens with one attached hydrogen (secondary N) is 1. The molecule has 0 bridgehead atoms. The lowest BCUT2D eigenvalue weighted by Gasteiger charge is -2.15. The van der Waals surface area contributed by atoms with Crippen molar-refractivity contribution in [2.24, 2.45) is 0 Å². The van der Waals surface area contributed by atoms with Gasteiger partial charge in [0.2, 0.25) is 0 Å². The summed E-state index contributed by atoms with van der Waals surface area (Å²) in [4.78, 5) is 0. The van der Waals surface area contributed by atoms with Gasteiger partial charge in [0.1, 0.15) is 11.5 Å². The summed E-state index contributed by atoms with van der Waals surface area (Å²) in [7, 11) is 1.63. The van der Waals surface area contributed by atoms with Crippen LogP contribution in [-0.2, 0) is 0 Å². The van der Waals surface area contributed by atoms with Crippen LogP contribution in [0.5, 0.6) is 5.75 Å². The molecule has 1 unspecified atom stereocenters. The lowest BCUT2D eigenvalue weighted by atomic mass is 10.2. The summed E-state index contributed by atoms with van der Waals surface area (Å²) in [5.41, 5.74) is 0.829. The van der Waals surface area contributed by atoms with Crippen molar-refractivity contribution in [3.8, 4) is 5.75 Å². The molecule has 90 valence electrons. The van der Waals surface area contributed by atoms with E-state index in [0.717, 1.165) is 17.2 Å². The number of hydrogen-bond acceptors (Lipinski definition) is 3. The second-order valence-electron chi connectivity index (χ2n) is 3.73. The molecule has 0 radical (unpaired) electrons. The standard InChI is InChI=1S/C13H14ClNO2/c1-9(13-4-3-7-17-13)15-12-8-10(16-2)5-6-11(12)14/h3-9,15H,1-2H3. The number of anilines is 1. The number of methoxy groups -OCH3 is 1. The Bertz CT molecular complexity index is 482. The predicted molar refractivity (Wildman–Crippen MR) is 68.7 cm³/mol. The first-order valence-corrected chi connectivity index (χ1v) is 5.72. The van der Waals surface area contributed by atoms with Gasteiger partial charge in [0.25, 0.3) is 0 Å². The Morgan fingerprint density at radius 3 is 2.82 bits per heavy atom. The first-order chi connectivity index (χ1) is 8.20. The third kappa shape index (κ3) is 2.74. The Labute approximate surface area is 105 Å². The third-order valence-corrected chi connectivity index (χ3v) is 2.85. The average Bonchev–Trinajstić information content (AvgIpc) is 2.85. The van der Waals surface area contributed by atoms with Crippen LogP contribution in [0.3, 0.4) is 0 Å². The first kappa shape index (κ1) is 11.9. The highest BCUT2D eigenvalue weighted by molar-refractivity contribution is 6.33. The Balaban J connectivity index is 2.18. The van der Waals surface area contributed by atoms with Gasteiger partial charge >= 0.3 is 0 Å². The zero-order valence-electron chi connectivity index (χ0n) is 9.74. The van der Waals surface area contributed by atoms with Crippen molar-refractivity contribution in [3.63, 3.8) is 0 Å². The van der Waals surface area contributed by atoms with Crippen LogP contribution in [0.2, 0.25) is 5.02 Å². The van der Waals surface area contributed by atoms with E-state index in [0.29, 0.717) is 5.02 Å². The van der Waals surface area contributed by atoms with Crippen LogP contribution >= 0.6 is 11.6 Å². The minimum Gasteiger partial charge on any atom is -0.497 e. The Hall–Kier alpha value is -1.61. The maximum absolute atomic E-state index is 6.11. The number of rotatable bonds is 4. The molecule has 0 aliphatic rings. The summed E-state index contributed by atoms with van der Waals surface area (Å²) in [6.45, 7) is 2.01. The van der Waals surface area contributed by atoms with Crippen molar-refractivity contribution in [3.05, 3.63) is 47.4 Å². The summed E-state index contributed by atoms with van der Waals surface area (Å²) in [5.74, 6) is 1.63. The fraction of sp³-hybridized carbons (Fsp3) is 0.231. The summed E-state index contributed by atoms with van der Waals surface area (Å²) < 4.78 is 10.5. The van der Waals surface area contributed by atoms with E-state index >= 15 is 0 Å². The molecule has 1 atom stereocenters. The molecule has 0 amide bonds. The van der Waals surface area contributed by atoms with Gasteiger partial charge in [0, 0.05) is 6.07 Å². The maximum Gasteiger partial charge on any atom is 0.125 e. The quantitative estimate of drug-likeness (QED) is 0.888. The first-order valence-electron chi connectivity index (χ1n) is 5.34. The van der Waals surface area contributed by atoms with E-state index in [1.807, 2.05) is 31.2 Å². The van der Waals surface area contributed by atoms with Crippen molar-refractivity contribution >= 4 is 17.3 Å². The summed E-state index contributed by atoms with van der Waals surface area (Å²) in [6, 6.07) is 9.33. The van der Waals surface area contributed by atoms with Crippen LogP contribution in [-0.4, -0.2) is 7.11 Å². The third-order valence-electron chi connectivity index (χ3n) is 2.52. The normalized spacial score (nSPS) is 12.2. The molecule has 4 heteroatoms. The van der Waals surface area contributed by atoms with Gasteiger partial charge in [0.05, 0.1) is 30.1 Å². The Kier molecular flexibility index (Phi) is 3.59. The molecule has 1 N–H and O–H groups in total. The van der Waals surface area contributed by atoms with E-state index in [1.54, 1.807) is 19.4 Å². The highest BCUT2D eigenvalue weighted by Crippen LogP contribution is 2.29. The zero-order chi connectivity index (χ0) is 12.3. The number of hydrogen-bond donors (Lipinski definition) is 1. The topological polar surface area (TPSA) is 34.4 Å². The van der Waals surface area contributed by atoms with Crippen molar-refractivity contribution in [1.29, 1.82) is 0 Å². The van der Waals surface area contributed by atoms with Gasteiger partial charge in [-0.3, -0.25) is 0 Å². The van der Waals surface area contributed by atoms with Crippen molar-refractivity contribution in [2.75, 3.05) is 12.4 Å². The molecular weight excluding hydrogens is 238 g/mol. The zero-order valence-corrected chi connectivity index (χ0v) is 10.5. The van der Waals surface area contributed by atoms with E-state index in [1.165, 1.54) is 0 Å². The molecule has 2 rings (SSSR count). The van der Waals surface area contributed by atoms with Crippen molar-refractivity contribution in [1.82, 2.24) is 0 Å². The summed E-state index contributed by atoms with van der Waals surface area (Å²) >= 11 is 6.11. The van der Waals surface area contributed by atoms with Crippen LogP contribution in [0.25, 0.3) is 0 Å². The Morgan fingerprint density at radius 2 is 2.18 bits per heavy atom. The lowest BCUT2D eigenvalue weighted by Crippen LogP contribution is -2.06. The monoisotopic (exact) mass is 251 g/mol. The van der Waals surface area contributed by atoms with Crippen LogP contribution < -0.4 is 10.1 Å². The fourth-order valence-electron chi connectivity index (χ4n) is 1.58. The van der Waals surface area contributed by atoms with Gasteiger partial charge in [0.15, 0.2) is 0 Å². The summed E-state index contributed by atoms with van der Waals surface area (Å²) in [6.07, 6.45) is 1.65. The van der Waals surface area contributed by atoms with Crippen LogP contribution in [0.4, 0.5) is 5.69 Å². The molecule has 1 aromatic carbocycles. The molecule has 3 nitrogen and oxygen atoms in total. The minimum absolute atomic E-state index is 0.0506. The van der Waals surface area contributed by atoms with Crippen LogP contribution in [0, 0.1) is 0 Å². The van der Waals surface area contributed by atoms with E-state index in [4.69, 9.17) is 20.8 Å². The molecule has 0 spiro atoms. The number of furan rings is 1. The number of ether oxygens (including phenoxy) is 1. The van der Waals surface area contributed by atoms with Gasteiger partial charge in [-0.25, -0.2) is 0 Å². The van der Waals surface area contributed by atoms with Crippen molar-refractivity contribution in [2.45, 2.75) is 13.0 Å². The van der Waals surface area contributed by atoms with E-state index < -0.39 is 0 Å². The molecular formula is C13H14ClNO2. The molecule has 0 aliphatic carbocycles. The molecule has 0 aliphatic heterocycles. The van der Waals surface area contributed by atoms with Gasteiger partial charge in [-0.2, -0.15) is 0 Å². The van der Waals surface area contributed by atoms with Gasteiger partial charge in [-0.1, -0.05) is 11.6 Å². The predicted octanol–water partition coefficient (Wildman–Crippen LogP) is 4.11. The largest absolute Gasteiger partial charge is 0.497 e. The van der Waals surface area contributed by atoms with E-state index in [2.05, 4.69) is 5.32 Å². The molecule has 0 fully saturated rings. The lowest BCUT2D eigenvalue weighted by molar-refractivity contribution is 0.415. The second-order valence-corrected chi connectivity index (χ2v) is 4.13. The smallest absolute Gasteiger partial charge is 0.125 e. The van der Waals surface area contributed by atoms with Crippen LogP contribution in [0.15, 0.2) is 41.0 Å². The molecule has 17 heavy (non-hydrogen) atoms.